The molecule has 0 spiro atoms. The molecule has 96 valence electrons. The summed E-state index contributed by atoms with van der Waals surface area (Å²) in [7, 11) is 0. The van der Waals surface area contributed by atoms with Crippen molar-refractivity contribution in [1.82, 2.24) is 4.57 Å². The molecule has 0 aliphatic carbocycles. The normalized spacial score (nSPS) is 11.0. The molecule has 19 heavy (non-hydrogen) atoms. The van der Waals surface area contributed by atoms with Gasteiger partial charge in [-0.05, 0) is 30.3 Å². The minimum absolute atomic E-state index is 0.228. The molecule has 0 bridgehead atoms. The number of furan rings is 1. The molecule has 0 atom stereocenters. The van der Waals surface area contributed by atoms with Gasteiger partial charge in [0.2, 0.25) is 0 Å². The molecule has 3 aromatic rings. The predicted molar refractivity (Wildman–Crippen MR) is 74.1 cm³/mol. The Labute approximate surface area is 116 Å². The summed E-state index contributed by atoms with van der Waals surface area (Å²) in [5.74, 6) is 0.335. The molecule has 5 nitrogen and oxygen atoms in total. The van der Waals surface area contributed by atoms with Gasteiger partial charge in [0.05, 0.1) is 12.6 Å². The molecule has 1 aromatic carbocycles. The molecule has 0 saturated carbocycles. The van der Waals surface area contributed by atoms with E-state index in [4.69, 9.17) is 4.42 Å². The van der Waals surface area contributed by atoms with Crippen LogP contribution in [-0.4, -0.2) is 9.49 Å². The van der Waals surface area contributed by atoms with Gasteiger partial charge in [0, 0.05) is 21.6 Å². The first-order valence-electron chi connectivity index (χ1n) is 5.61. The lowest BCUT2D eigenvalue weighted by Crippen LogP contribution is -1.96. The van der Waals surface area contributed by atoms with E-state index >= 15 is 0 Å². The molecular weight excluding hydrogens is 312 g/mol. The second-order valence-electron chi connectivity index (χ2n) is 4.14. The summed E-state index contributed by atoms with van der Waals surface area (Å²) in [5, 5.41) is 11.7. The molecule has 0 N–H and O–H groups in total. The maximum atomic E-state index is 10.6. The van der Waals surface area contributed by atoms with Crippen molar-refractivity contribution in [3.63, 3.8) is 0 Å². The fourth-order valence-electron chi connectivity index (χ4n) is 2.03. The van der Waals surface area contributed by atoms with Gasteiger partial charge in [-0.15, -0.1) is 0 Å². The number of fused-ring (bicyclic) bond motifs is 1. The highest BCUT2D eigenvalue weighted by molar-refractivity contribution is 9.10. The van der Waals surface area contributed by atoms with Crippen LogP contribution in [0.3, 0.4) is 0 Å². The van der Waals surface area contributed by atoms with Gasteiger partial charge in [0.1, 0.15) is 10.7 Å². The molecule has 0 radical (unpaired) electrons. The van der Waals surface area contributed by atoms with Crippen molar-refractivity contribution in [2.24, 2.45) is 0 Å². The fourth-order valence-corrected chi connectivity index (χ4v) is 2.41. The lowest BCUT2D eigenvalue weighted by molar-refractivity contribution is -0.402. The highest BCUT2D eigenvalue weighted by Gasteiger charge is 2.12. The standard InChI is InChI=1S/C13H9BrN2O3/c14-10-1-3-12-9(7-10)5-6-15(12)8-11-2-4-13(19-11)16(17)18/h1-7H,8H2. The van der Waals surface area contributed by atoms with E-state index < -0.39 is 4.92 Å². The van der Waals surface area contributed by atoms with Gasteiger partial charge >= 0.3 is 5.88 Å². The molecule has 6 heteroatoms. The van der Waals surface area contributed by atoms with Crippen LogP contribution in [0.2, 0.25) is 0 Å². The largest absolute Gasteiger partial charge is 0.433 e. The van der Waals surface area contributed by atoms with Crippen LogP contribution in [0.5, 0.6) is 0 Å². The smallest absolute Gasteiger partial charge is 0.404 e. The van der Waals surface area contributed by atoms with Gasteiger partial charge in [-0.25, -0.2) is 0 Å². The fraction of sp³-hybridized carbons (Fsp3) is 0.0769. The number of nitrogens with zero attached hydrogens (tertiary/aromatic N) is 2. The third-order valence-corrected chi connectivity index (χ3v) is 3.38. The number of rotatable bonds is 3. The molecule has 0 fully saturated rings. The minimum Gasteiger partial charge on any atom is -0.404 e. The predicted octanol–water partition coefficient (Wildman–Crippen LogP) is 3.95. The van der Waals surface area contributed by atoms with Gasteiger partial charge in [-0.3, -0.25) is 10.1 Å². The van der Waals surface area contributed by atoms with E-state index in [1.165, 1.54) is 6.07 Å². The van der Waals surface area contributed by atoms with Crippen molar-refractivity contribution in [1.29, 1.82) is 0 Å². The molecule has 0 saturated heterocycles. The zero-order chi connectivity index (χ0) is 13.4. The van der Waals surface area contributed by atoms with E-state index in [2.05, 4.69) is 15.9 Å². The van der Waals surface area contributed by atoms with Crippen LogP contribution in [0.4, 0.5) is 5.88 Å². The Balaban J connectivity index is 1.94. The third-order valence-electron chi connectivity index (χ3n) is 2.89. The molecule has 0 aliphatic rings. The Morgan fingerprint density at radius 1 is 1.26 bits per heavy atom. The van der Waals surface area contributed by atoms with Crippen molar-refractivity contribution in [3.05, 3.63) is 62.9 Å². The van der Waals surface area contributed by atoms with E-state index in [1.807, 2.05) is 35.0 Å². The Morgan fingerprint density at radius 2 is 2.11 bits per heavy atom. The SMILES string of the molecule is O=[N+]([O-])c1ccc(Cn2ccc3cc(Br)ccc32)o1. The monoisotopic (exact) mass is 320 g/mol. The van der Waals surface area contributed by atoms with Crippen LogP contribution in [0, 0.1) is 10.1 Å². The summed E-state index contributed by atoms with van der Waals surface area (Å²) < 4.78 is 8.17. The lowest BCUT2D eigenvalue weighted by Gasteiger charge is -2.02. The topological polar surface area (TPSA) is 61.2 Å². The molecule has 2 heterocycles. The molecule has 0 unspecified atom stereocenters. The number of hydrogen-bond donors (Lipinski definition) is 0. The van der Waals surface area contributed by atoms with Crippen LogP contribution in [0.15, 0.2) is 51.5 Å². The Kier molecular flexibility index (Phi) is 2.87. The lowest BCUT2D eigenvalue weighted by atomic mass is 10.2. The Bertz CT molecular complexity index is 760. The average molecular weight is 321 g/mol. The van der Waals surface area contributed by atoms with Crippen LogP contribution < -0.4 is 0 Å². The number of hydrogen-bond acceptors (Lipinski definition) is 3. The molecule has 3 rings (SSSR count). The summed E-state index contributed by atoms with van der Waals surface area (Å²) in [6, 6.07) is 11.0. The van der Waals surface area contributed by atoms with Gasteiger partial charge in [0.25, 0.3) is 0 Å². The molecular formula is C13H9BrN2O3. The zero-order valence-electron chi connectivity index (χ0n) is 9.75. The summed E-state index contributed by atoms with van der Waals surface area (Å²) in [5.41, 5.74) is 1.06. The highest BCUT2D eigenvalue weighted by atomic mass is 79.9. The van der Waals surface area contributed by atoms with E-state index in [-0.39, 0.29) is 5.88 Å². The van der Waals surface area contributed by atoms with Gasteiger partial charge in [-0.1, -0.05) is 15.9 Å². The number of aromatic nitrogens is 1. The third kappa shape index (κ3) is 2.26. The highest BCUT2D eigenvalue weighted by Crippen LogP contribution is 2.23. The van der Waals surface area contributed by atoms with Crippen LogP contribution in [0.1, 0.15) is 5.76 Å². The van der Waals surface area contributed by atoms with Crippen molar-refractivity contribution >= 4 is 32.7 Å². The van der Waals surface area contributed by atoms with E-state index in [0.717, 1.165) is 15.4 Å². The van der Waals surface area contributed by atoms with Crippen LogP contribution >= 0.6 is 15.9 Å². The van der Waals surface area contributed by atoms with E-state index in [0.29, 0.717) is 12.3 Å². The summed E-state index contributed by atoms with van der Waals surface area (Å²) in [6.45, 7) is 0.471. The number of halogens is 1. The van der Waals surface area contributed by atoms with Crippen molar-refractivity contribution in [3.8, 4) is 0 Å². The maximum absolute atomic E-state index is 10.6. The van der Waals surface area contributed by atoms with Crippen LogP contribution in [0.25, 0.3) is 10.9 Å². The first kappa shape index (κ1) is 12.0. The van der Waals surface area contributed by atoms with Crippen molar-refractivity contribution in [2.45, 2.75) is 6.54 Å². The first-order chi connectivity index (χ1) is 9.13. The minimum atomic E-state index is -0.533. The summed E-state index contributed by atoms with van der Waals surface area (Å²) in [4.78, 5) is 10.0. The zero-order valence-corrected chi connectivity index (χ0v) is 11.3. The molecule has 0 aliphatic heterocycles. The van der Waals surface area contributed by atoms with E-state index in [9.17, 15) is 10.1 Å². The summed E-state index contributed by atoms with van der Waals surface area (Å²) >= 11 is 3.43. The second-order valence-corrected chi connectivity index (χ2v) is 5.06. The van der Waals surface area contributed by atoms with Crippen LogP contribution in [-0.2, 0) is 6.54 Å². The maximum Gasteiger partial charge on any atom is 0.433 e. The Morgan fingerprint density at radius 3 is 2.84 bits per heavy atom. The van der Waals surface area contributed by atoms with Crippen molar-refractivity contribution < 1.29 is 9.34 Å². The molecule has 2 aromatic heterocycles. The number of benzene rings is 1. The van der Waals surface area contributed by atoms with E-state index in [1.54, 1.807) is 6.07 Å². The average Bonchev–Trinajstić information content (AvgIpc) is 2.97. The second kappa shape index (κ2) is 4.55. The Hall–Kier alpha value is -2.08. The quantitative estimate of drug-likeness (QED) is 0.542. The van der Waals surface area contributed by atoms with Gasteiger partial charge < -0.3 is 8.98 Å². The van der Waals surface area contributed by atoms with Gasteiger partial charge in [0.15, 0.2) is 0 Å². The first-order valence-corrected chi connectivity index (χ1v) is 6.40. The van der Waals surface area contributed by atoms with Crippen molar-refractivity contribution in [2.75, 3.05) is 0 Å². The van der Waals surface area contributed by atoms with Gasteiger partial charge in [-0.2, -0.15) is 0 Å². The number of nitro groups is 1. The summed E-state index contributed by atoms with van der Waals surface area (Å²) in [6.07, 6.45) is 1.94. The molecule has 0 amide bonds.